The second kappa shape index (κ2) is 4.72. The molecule has 0 aromatic rings. The van der Waals surface area contributed by atoms with Gasteiger partial charge in [-0.3, -0.25) is 4.79 Å². The Bertz CT molecular complexity index is 250. The maximum Gasteiger partial charge on any atom is 0.242 e. The highest BCUT2D eigenvalue weighted by atomic mass is 16.5. The highest BCUT2D eigenvalue weighted by molar-refractivity contribution is 5.82. The molecule has 2 aliphatic rings. The van der Waals surface area contributed by atoms with Crippen LogP contribution in [0, 0.1) is 5.41 Å². The summed E-state index contributed by atoms with van der Waals surface area (Å²) >= 11 is 0. The number of carbonyl (C=O) groups excluding carboxylic acids is 1. The number of morpholine rings is 1. The van der Waals surface area contributed by atoms with E-state index in [1.807, 2.05) is 4.90 Å². The summed E-state index contributed by atoms with van der Waals surface area (Å²) in [5, 5.41) is 3.22. The van der Waals surface area contributed by atoms with Crippen LogP contribution in [0.15, 0.2) is 0 Å². The smallest absolute Gasteiger partial charge is 0.242 e. The molecule has 4 nitrogen and oxygen atoms in total. The van der Waals surface area contributed by atoms with Crippen molar-refractivity contribution in [3.05, 3.63) is 0 Å². The van der Waals surface area contributed by atoms with Crippen molar-refractivity contribution >= 4 is 5.91 Å². The predicted octanol–water partition coefficient (Wildman–Crippen LogP) is 0.623. The van der Waals surface area contributed by atoms with Gasteiger partial charge in [0, 0.05) is 19.6 Å². The van der Waals surface area contributed by atoms with Crippen LogP contribution < -0.4 is 5.32 Å². The number of hydrogen-bond acceptors (Lipinski definition) is 3. The van der Waals surface area contributed by atoms with E-state index < -0.39 is 0 Å². The molecule has 0 aromatic carbocycles. The Kier molecular flexibility index (Phi) is 3.50. The maximum atomic E-state index is 12.1. The SMILES string of the molecule is CC1(C)CCN(C(=O)C2COCCN2)CC1. The highest BCUT2D eigenvalue weighted by Crippen LogP contribution is 2.29. The van der Waals surface area contributed by atoms with Crippen molar-refractivity contribution in [3.8, 4) is 0 Å². The fourth-order valence-corrected chi connectivity index (χ4v) is 2.28. The van der Waals surface area contributed by atoms with E-state index in [-0.39, 0.29) is 11.9 Å². The fraction of sp³-hybridized carbons (Fsp3) is 0.917. The first-order valence-corrected chi connectivity index (χ1v) is 6.18. The Hall–Kier alpha value is -0.610. The van der Waals surface area contributed by atoms with Crippen LogP contribution in [-0.2, 0) is 9.53 Å². The third-order valence-electron chi connectivity index (χ3n) is 3.65. The first kappa shape index (κ1) is 11.9. The Morgan fingerprint density at radius 2 is 2.06 bits per heavy atom. The average molecular weight is 226 g/mol. The molecule has 2 heterocycles. The molecule has 1 atom stereocenters. The summed E-state index contributed by atoms with van der Waals surface area (Å²) in [4.78, 5) is 14.1. The standard InChI is InChI=1S/C12H22N2O2/c1-12(2)3-6-14(7-4-12)11(15)10-9-16-8-5-13-10/h10,13H,3-9H2,1-2H3. The summed E-state index contributed by atoms with van der Waals surface area (Å²) in [6.07, 6.45) is 2.21. The van der Waals surface area contributed by atoms with Crippen molar-refractivity contribution in [3.63, 3.8) is 0 Å². The molecule has 1 amide bonds. The number of piperidine rings is 1. The van der Waals surface area contributed by atoms with Crippen molar-refractivity contribution < 1.29 is 9.53 Å². The maximum absolute atomic E-state index is 12.1. The van der Waals surface area contributed by atoms with Gasteiger partial charge >= 0.3 is 0 Å². The van der Waals surface area contributed by atoms with E-state index >= 15 is 0 Å². The fourth-order valence-electron chi connectivity index (χ4n) is 2.28. The van der Waals surface area contributed by atoms with Crippen LogP contribution in [0.1, 0.15) is 26.7 Å². The van der Waals surface area contributed by atoms with Gasteiger partial charge in [0.1, 0.15) is 6.04 Å². The van der Waals surface area contributed by atoms with Gasteiger partial charge in [0.25, 0.3) is 0 Å². The van der Waals surface area contributed by atoms with Crippen molar-refractivity contribution in [1.29, 1.82) is 0 Å². The quantitative estimate of drug-likeness (QED) is 0.713. The zero-order valence-corrected chi connectivity index (χ0v) is 10.3. The largest absolute Gasteiger partial charge is 0.378 e. The normalized spacial score (nSPS) is 30.1. The molecule has 1 N–H and O–H groups in total. The summed E-state index contributed by atoms with van der Waals surface area (Å²) in [5.41, 5.74) is 0.396. The number of amides is 1. The minimum Gasteiger partial charge on any atom is -0.378 e. The van der Waals surface area contributed by atoms with Crippen LogP contribution in [0.5, 0.6) is 0 Å². The first-order chi connectivity index (χ1) is 7.58. The lowest BCUT2D eigenvalue weighted by Crippen LogP contribution is -2.54. The van der Waals surface area contributed by atoms with E-state index in [2.05, 4.69) is 19.2 Å². The van der Waals surface area contributed by atoms with E-state index in [4.69, 9.17) is 4.74 Å². The Labute approximate surface area is 97.3 Å². The Morgan fingerprint density at radius 1 is 1.38 bits per heavy atom. The molecule has 0 aliphatic carbocycles. The topological polar surface area (TPSA) is 41.6 Å². The van der Waals surface area contributed by atoms with E-state index in [9.17, 15) is 4.79 Å². The monoisotopic (exact) mass is 226 g/mol. The molecule has 0 bridgehead atoms. The molecule has 16 heavy (non-hydrogen) atoms. The summed E-state index contributed by atoms with van der Waals surface area (Å²) in [6.45, 7) is 8.37. The molecule has 2 rings (SSSR count). The molecular weight excluding hydrogens is 204 g/mol. The zero-order valence-electron chi connectivity index (χ0n) is 10.3. The van der Waals surface area contributed by atoms with Gasteiger partial charge in [0.05, 0.1) is 13.2 Å². The second-order valence-corrected chi connectivity index (χ2v) is 5.57. The lowest BCUT2D eigenvalue weighted by atomic mass is 9.82. The molecule has 2 fully saturated rings. The third-order valence-corrected chi connectivity index (χ3v) is 3.65. The van der Waals surface area contributed by atoms with Crippen molar-refractivity contribution in [2.75, 3.05) is 32.8 Å². The predicted molar refractivity (Wildman–Crippen MR) is 62.2 cm³/mol. The van der Waals surface area contributed by atoms with E-state index in [0.29, 0.717) is 12.0 Å². The van der Waals surface area contributed by atoms with Crippen molar-refractivity contribution in [2.24, 2.45) is 5.41 Å². The minimum absolute atomic E-state index is 0.116. The number of nitrogens with one attached hydrogen (secondary N) is 1. The summed E-state index contributed by atoms with van der Waals surface area (Å²) < 4.78 is 5.32. The van der Waals surface area contributed by atoms with Gasteiger partial charge in [0.15, 0.2) is 0 Å². The van der Waals surface area contributed by atoms with E-state index in [1.54, 1.807) is 0 Å². The summed E-state index contributed by atoms with van der Waals surface area (Å²) in [7, 11) is 0. The van der Waals surface area contributed by atoms with Gasteiger partial charge in [-0.2, -0.15) is 0 Å². The van der Waals surface area contributed by atoms with Gasteiger partial charge in [-0.05, 0) is 18.3 Å². The van der Waals surface area contributed by atoms with Crippen LogP contribution in [0.25, 0.3) is 0 Å². The van der Waals surface area contributed by atoms with Gasteiger partial charge in [-0.25, -0.2) is 0 Å². The van der Waals surface area contributed by atoms with Gasteiger partial charge in [-0.15, -0.1) is 0 Å². The number of likely N-dealkylation sites (tertiary alicyclic amines) is 1. The minimum atomic E-state index is -0.116. The number of hydrogen-bond donors (Lipinski definition) is 1. The molecule has 0 radical (unpaired) electrons. The van der Waals surface area contributed by atoms with Crippen LogP contribution in [0.4, 0.5) is 0 Å². The number of rotatable bonds is 1. The van der Waals surface area contributed by atoms with Gasteiger partial charge < -0.3 is 15.0 Å². The Morgan fingerprint density at radius 3 is 2.62 bits per heavy atom. The number of ether oxygens (including phenoxy) is 1. The average Bonchev–Trinajstić information content (AvgIpc) is 2.29. The lowest BCUT2D eigenvalue weighted by Gasteiger charge is -2.39. The zero-order chi connectivity index (χ0) is 11.6. The summed E-state index contributed by atoms with van der Waals surface area (Å²) in [6, 6.07) is -0.116. The number of nitrogens with zero attached hydrogens (tertiary/aromatic N) is 1. The van der Waals surface area contributed by atoms with E-state index in [1.165, 1.54) is 0 Å². The number of carbonyl (C=O) groups is 1. The summed E-state index contributed by atoms with van der Waals surface area (Å²) in [5.74, 6) is 0.218. The second-order valence-electron chi connectivity index (χ2n) is 5.57. The molecule has 0 spiro atoms. The Balaban J connectivity index is 1.86. The molecule has 4 heteroatoms. The first-order valence-electron chi connectivity index (χ1n) is 6.18. The third kappa shape index (κ3) is 2.74. The molecule has 2 saturated heterocycles. The van der Waals surface area contributed by atoms with Crippen LogP contribution in [-0.4, -0.2) is 49.7 Å². The van der Waals surface area contributed by atoms with Gasteiger partial charge in [0.2, 0.25) is 5.91 Å². The molecule has 2 aliphatic heterocycles. The van der Waals surface area contributed by atoms with Crippen LogP contribution >= 0.6 is 0 Å². The van der Waals surface area contributed by atoms with E-state index in [0.717, 1.165) is 39.1 Å². The van der Waals surface area contributed by atoms with Crippen molar-refractivity contribution in [1.82, 2.24) is 10.2 Å². The lowest BCUT2D eigenvalue weighted by molar-refractivity contribution is -0.138. The molecule has 0 aromatic heterocycles. The highest BCUT2D eigenvalue weighted by Gasteiger charge is 2.31. The molecule has 0 saturated carbocycles. The van der Waals surface area contributed by atoms with Crippen LogP contribution in [0.3, 0.4) is 0 Å². The molecular formula is C12H22N2O2. The van der Waals surface area contributed by atoms with Crippen molar-refractivity contribution in [2.45, 2.75) is 32.7 Å². The molecule has 1 unspecified atom stereocenters. The molecule has 92 valence electrons. The van der Waals surface area contributed by atoms with Gasteiger partial charge in [-0.1, -0.05) is 13.8 Å². The van der Waals surface area contributed by atoms with Crippen LogP contribution in [0.2, 0.25) is 0 Å².